The van der Waals surface area contributed by atoms with Gasteiger partial charge in [-0.2, -0.15) is 0 Å². The maximum atomic E-state index is 12.3. The minimum absolute atomic E-state index is 0.0873. The van der Waals surface area contributed by atoms with Crippen LogP contribution >= 0.6 is 0 Å². The molecule has 0 unspecified atom stereocenters. The smallest absolute Gasteiger partial charge is 0.315 e. The van der Waals surface area contributed by atoms with Gasteiger partial charge in [-0.15, -0.1) is 0 Å². The molecule has 0 spiro atoms. The Bertz CT molecular complexity index is 430. The molecule has 0 aromatic rings. The number of urea groups is 1. The van der Waals surface area contributed by atoms with Gasteiger partial charge in [0.15, 0.2) is 0 Å². The number of unbranched alkanes of at least 4 members (excludes halogenated alkanes) is 1. The third-order valence-corrected chi connectivity index (χ3v) is 7.59. The highest BCUT2D eigenvalue weighted by atomic mass is 16.2. The number of likely N-dealkylation sites (tertiary alicyclic amines) is 1. The predicted octanol–water partition coefficient (Wildman–Crippen LogP) is 3.62. The Kier molecular flexibility index (Phi) is 5.54. The van der Waals surface area contributed by atoms with Crippen molar-refractivity contribution < 1.29 is 4.79 Å². The van der Waals surface area contributed by atoms with Gasteiger partial charge < -0.3 is 15.5 Å². The summed E-state index contributed by atoms with van der Waals surface area (Å²) in [5.41, 5.74) is 0. The van der Waals surface area contributed by atoms with E-state index in [1.807, 2.05) is 0 Å². The molecule has 4 nitrogen and oxygen atoms in total. The van der Waals surface area contributed by atoms with E-state index in [9.17, 15) is 4.79 Å². The Morgan fingerprint density at radius 3 is 2.24 bits per heavy atom. The van der Waals surface area contributed by atoms with Crippen LogP contribution in [0.2, 0.25) is 0 Å². The van der Waals surface area contributed by atoms with Gasteiger partial charge in [0.2, 0.25) is 0 Å². The average Bonchev–Trinajstić information content (AvgIpc) is 2.59. The van der Waals surface area contributed by atoms with Crippen LogP contribution in [-0.2, 0) is 0 Å². The number of carbonyl (C=O) groups is 1. The number of hydrogen-bond donors (Lipinski definition) is 2. The fraction of sp³-hybridized carbons (Fsp3) is 0.952. The quantitative estimate of drug-likeness (QED) is 0.721. The largest absolute Gasteiger partial charge is 0.338 e. The molecule has 5 fully saturated rings. The number of piperidine rings is 1. The van der Waals surface area contributed by atoms with Crippen molar-refractivity contribution in [3.05, 3.63) is 0 Å². The van der Waals surface area contributed by atoms with Crippen LogP contribution in [-0.4, -0.2) is 43.2 Å². The summed E-state index contributed by atoms with van der Waals surface area (Å²) in [7, 11) is 0. The van der Waals surface area contributed by atoms with Crippen molar-refractivity contribution >= 4 is 6.03 Å². The van der Waals surface area contributed by atoms with Crippen LogP contribution in [0, 0.1) is 29.6 Å². The van der Waals surface area contributed by atoms with Gasteiger partial charge in [0.05, 0.1) is 0 Å². The third kappa shape index (κ3) is 4.32. The fourth-order valence-corrected chi connectivity index (χ4v) is 6.31. The lowest BCUT2D eigenvalue weighted by atomic mass is 9.54. The van der Waals surface area contributed by atoms with Gasteiger partial charge in [-0.3, -0.25) is 0 Å². The Balaban J connectivity index is 1.10. The summed E-state index contributed by atoms with van der Waals surface area (Å²) < 4.78 is 0. The van der Waals surface area contributed by atoms with E-state index in [0.717, 1.165) is 42.6 Å². The zero-order valence-electron chi connectivity index (χ0n) is 16.0. The fourth-order valence-electron chi connectivity index (χ4n) is 6.31. The second kappa shape index (κ2) is 7.85. The van der Waals surface area contributed by atoms with Crippen LogP contribution in [0.1, 0.15) is 64.7 Å². The molecule has 0 aromatic heterocycles. The summed E-state index contributed by atoms with van der Waals surface area (Å²) in [5, 5.41) is 6.46. The standard InChI is InChI=1S/C21H37N3O/c1-15-4-8-24(9-5-15)7-3-2-6-22-21(25)23-20-18-11-16-10-17(13-18)14-19(20)12-16/h15-20H,2-14H2,1H3,(H2,22,23,25). The van der Waals surface area contributed by atoms with Gasteiger partial charge in [0, 0.05) is 12.6 Å². The lowest BCUT2D eigenvalue weighted by Gasteiger charge is -2.54. The Labute approximate surface area is 153 Å². The molecular formula is C21H37N3O. The van der Waals surface area contributed by atoms with Crippen molar-refractivity contribution in [1.29, 1.82) is 0 Å². The summed E-state index contributed by atoms with van der Waals surface area (Å²) in [5.74, 6) is 4.39. The molecule has 0 atom stereocenters. The van der Waals surface area contributed by atoms with Crippen molar-refractivity contribution in [2.45, 2.75) is 70.8 Å². The molecule has 1 aliphatic heterocycles. The van der Waals surface area contributed by atoms with Crippen LogP contribution in [0.4, 0.5) is 4.79 Å². The SMILES string of the molecule is CC1CCN(CCCCNC(=O)NC2C3CC4CC(C3)CC2C4)CC1. The predicted molar refractivity (Wildman–Crippen MR) is 101 cm³/mol. The van der Waals surface area contributed by atoms with Crippen molar-refractivity contribution in [3.63, 3.8) is 0 Å². The monoisotopic (exact) mass is 347 g/mol. The molecule has 25 heavy (non-hydrogen) atoms. The lowest BCUT2D eigenvalue weighted by molar-refractivity contribution is -0.00940. The first-order valence-electron chi connectivity index (χ1n) is 10.9. The zero-order valence-corrected chi connectivity index (χ0v) is 16.0. The Hall–Kier alpha value is -0.770. The van der Waals surface area contributed by atoms with Crippen LogP contribution in [0.15, 0.2) is 0 Å². The Morgan fingerprint density at radius 2 is 1.60 bits per heavy atom. The molecule has 1 saturated heterocycles. The van der Waals surface area contributed by atoms with Crippen LogP contribution in [0.5, 0.6) is 0 Å². The first-order chi connectivity index (χ1) is 12.2. The van der Waals surface area contributed by atoms with Crippen LogP contribution < -0.4 is 10.6 Å². The van der Waals surface area contributed by atoms with E-state index in [2.05, 4.69) is 22.5 Å². The van der Waals surface area contributed by atoms with E-state index < -0.39 is 0 Å². The number of amides is 2. The van der Waals surface area contributed by atoms with E-state index in [1.54, 1.807) is 0 Å². The van der Waals surface area contributed by atoms with Crippen molar-refractivity contribution in [1.82, 2.24) is 15.5 Å². The molecule has 0 radical (unpaired) electrons. The maximum Gasteiger partial charge on any atom is 0.315 e. The zero-order chi connectivity index (χ0) is 17.2. The molecule has 4 heteroatoms. The molecule has 2 N–H and O–H groups in total. The summed E-state index contributed by atoms with van der Waals surface area (Å²) in [6.45, 7) is 6.92. The summed E-state index contributed by atoms with van der Waals surface area (Å²) in [6.07, 6.45) is 11.9. The van der Waals surface area contributed by atoms with Gasteiger partial charge in [0.25, 0.3) is 0 Å². The van der Waals surface area contributed by atoms with Crippen LogP contribution in [0.25, 0.3) is 0 Å². The first-order valence-corrected chi connectivity index (χ1v) is 10.9. The maximum absolute atomic E-state index is 12.3. The second-order valence-electron chi connectivity index (χ2n) is 9.59. The molecule has 2 amide bonds. The number of nitrogens with one attached hydrogen (secondary N) is 2. The topological polar surface area (TPSA) is 44.4 Å². The van der Waals surface area contributed by atoms with E-state index in [0.29, 0.717) is 6.04 Å². The number of hydrogen-bond acceptors (Lipinski definition) is 2. The molecule has 4 aliphatic carbocycles. The third-order valence-electron chi connectivity index (χ3n) is 7.59. The number of rotatable bonds is 6. The summed E-state index contributed by atoms with van der Waals surface area (Å²) in [6, 6.07) is 0.549. The highest BCUT2D eigenvalue weighted by Crippen LogP contribution is 2.53. The Morgan fingerprint density at radius 1 is 0.960 bits per heavy atom. The molecule has 5 rings (SSSR count). The van der Waals surface area contributed by atoms with E-state index in [1.165, 1.54) is 71.0 Å². The molecule has 1 heterocycles. The van der Waals surface area contributed by atoms with E-state index in [-0.39, 0.29) is 6.03 Å². The van der Waals surface area contributed by atoms with Gasteiger partial charge in [-0.25, -0.2) is 4.79 Å². The molecule has 5 aliphatic rings. The van der Waals surface area contributed by atoms with Gasteiger partial charge in [-0.05, 0) is 107 Å². The highest BCUT2D eigenvalue weighted by Gasteiger charge is 2.48. The highest BCUT2D eigenvalue weighted by molar-refractivity contribution is 5.74. The summed E-state index contributed by atoms with van der Waals surface area (Å²) >= 11 is 0. The summed E-state index contributed by atoms with van der Waals surface area (Å²) in [4.78, 5) is 14.9. The van der Waals surface area contributed by atoms with Gasteiger partial charge in [0.1, 0.15) is 0 Å². The molecule has 4 bridgehead atoms. The molecule has 0 aromatic carbocycles. The molecule has 4 saturated carbocycles. The normalized spacial score (nSPS) is 38.0. The van der Waals surface area contributed by atoms with E-state index >= 15 is 0 Å². The van der Waals surface area contributed by atoms with E-state index in [4.69, 9.17) is 0 Å². The number of nitrogens with zero attached hydrogens (tertiary/aromatic N) is 1. The van der Waals surface area contributed by atoms with Crippen LogP contribution in [0.3, 0.4) is 0 Å². The van der Waals surface area contributed by atoms with Crippen molar-refractivity contribution in [2.75, 3.05) is 26.2 Å². The van der Waals surface area contributed by atoms with Crippen molar-refractivity contribution in [2.24, 2.45) is 29.6 Å². The van der Waals surface area contributed by atoms with Crippen molar-refractivity contribution in [3.8, 4) is 0 Å². The minimum Gasteiger partial charge on any atom is -0.338 e. The second-order valence-corrected chi connectivity index (χ2v) is 9.59. The number of carbonyl (C=O) groups excluding carboxylic acids is 1. The van der Waals surface area contributed by atoms with Gasteiger partial charge >= 0.3 is 6.03 Å². The molecule has 142 valence electrons. The average molecular weight is 348 g/mol. The van der Waals surface area contributed by atoms with Gasteiger partial charge in [-0.1, -0.05) is 6.92 Å². The minimum atomic E-state index is 0.0873. The lowest BCUT2D eigenvalue weighted by Crippen LogP contribution is -2.57. The molecular weight excluding hydrogens is 310 g/mol. The first kappa shape index (κ1) is 17.6.